The number of hydrogen-bond donors (Lipinski definition) is 2. The lowest BCUT2D eigenvalue weighted by molar-refractivity contribution is 0.0951. The molecule has 1 aliphatic heterocycles. The first-order valence-electron chi connectivity index (χ1n) is 8.66. The number of hydrogen-bond acceptors (Lipinski definition) is 3. The summed E-state index contributed by atoms with van der Waals surface area (Å²) in [6.45, 7) is 0.302. The van der Waals surface area contributed by atoms with E-state index >= 15 is 0 Å². The molecular weight excluding hydrogens is 335 g/mol. The second-order valence-corrected chi connectivity index (χ2v) is 6.69. The van der Waals surface area contributed by atoms with Gasteiger partial charge in [0.05, 0.1) is 12.2 Å². The van der Waals surface area contributed by atoms with Crippen LogP contribution < -0.4 is 15.4 Å². The molecule has 2 aromatic carbocycles. The maximum Gasteiger partial charge on any atom is 0.254 e. The maximum atomic E-state index is 13.6. The summed E-state index contributed by atoms with van der Waals surface area (Å²) in [5, 5.41) is 5.52. The Hall–Kier alpha value is -2.89. The lowest BCUT2D eigenvalue weighted by Crippen LogP contribution is -2.26. The summed E-state index contributed by atoms with van der Waals surface area (Å²) < 4.78 is 19.4. The van der Waals surface area contributed by atoms with E-state index in [4.69, 9.17) is 4.74 Å². The predicted octanol–water partition coefficient (Wildman–Crippen LogP) is 2.60. The second kappa shape index (κ2) is 6.44. The summed E-state index contributed by atoms with van der Waals surface area (Å²) in [6, 6.07) is 9.84. The first-order chi connectivity index (χ1) is 12.6. The third-order valence-electron chi connectivity index (χ3n) is 4.78. The Morgan fingerprint density at radius 2 is 1.96 bits per heavy atom. The number of nitrogens with one attached hydrogen (secondary N) is 2. The Morgan fingerprint density at radius 1 is 1.15 bits per heavy atom. The Bertz CT molecular complexity index is 893. The topological polar surface area (TPSA) is 67.4 Å². The van der Waals surface area contributed by atoms with Crippen LogP contribution >= 0.6 is 0 Å². The van der Waals surface area contributed by atoms with E-state index in [9.17, 15) is 14.0 Å². The highest BCUT2D eigenvalue weighted by Gasteiger charge is 2.32. The van der Waals surface area contributed by atoms with Gasteiger partial charge >= 0.3 is 0 Å². The molecule has 0 aromatic heterocycles. The van der Waals surface area contributed by atoms with Gasteiger partial charge in [-0.05, 0) is 42.7 Å². The molecule has 2 amide bonds. The molecular formula is C20H19FN2O3. The molecule has 6 heteroatoms. The summed E-state index contributed by atoms with van der Waals surface area (Å²) in [5.74, 6) is -0.614. The average molecular weight is 354 g/mol. The van der Waals surface area contributed by atoms with E-state index in [1.54, 1.807) is 18.2 Å². The minimum Gasteiger partial charge on any atom is -0.491 e. The largest absolute Gasteiger partial charge is 0.491 e. The third-order valence-corrected chi connectivity index (χ3v) is 4.78. The van der Waals surface area contributed by atoms with Gasteiger partial charge in [0.15, 0.2) is 0 Å². The monoisotopic (exact) mass is 354 g/mol. The van der Waals surface area contributed by atoms with Crippen LogP contribution in [-0.2, 0) is 0 Å². The van der Waals surface area contributed by atoms with Crippen molar-refractivity contribution >= 4 is 11.8 Å². The summed E-state index contributed by atoms with van der Waals surface area (Å²) in [6.07, 6.45) is 1.96. The van der Waals surface area contributed by atoms with E-state index in [2.05, 4.69) is 10.6 Å². The first kappa shape index (κ1) is 16.6. The van der Waals surface area contributed by atoms with Crippen molar-refractivity contribution < 1.29 is 18.7 Å². The number of amides is 2. The van der Waals surface area contributed by atoms with Crippen LogP contribution in [-0.4, -0.2) is 31.5 Å². The summed E-state index contributed by atoms with van der Waals surface area (Å²) >= 11 is 0. The number of fused-ring (bicyclic) bond motifs is 1. The predicted molar refractivity (Wildman–Crippen MR) is 94.1 cm³/mol. The van der Waals surface area contributed by atoms with Gasteiger partial charge in [0.1, 0.15) is 11.6 Å². The highest BCUT2D eigenvalue weighted by molar-refractivity contribution is 6.02. The molecule has 0 unspecified atom stereocenters. The first-order valence-corrected chi connectivity index (χ1v) is 8.66. The number of ether oxygens (including phenoxy) is 1. The highest BCUT2D eigenvalue weighted by atomic mass is 19.1. The Kier molecular flexibility index (Phi) is 4.11. The van der Waals surface area contributed by atoms with Crippen LogP contribution in [0.15, 0.2) is 36.4 Å². The molecule has 0 radical (unpaired) electrons. The number of benzene rings is 2. The van der Waals surface area contributed by atoms with Crippen molar-refractivity contribution in [2.75, 3.05) is 13.7 Å². The van der Waals surface area contributed by atoms with Crippen LogP contribution in [0.1, 0.15) is 50.6 Å². The van der Waals surface area contributed by atoms with Crippen molar-refractivity contribution in [2.24, 2.45) is 0 Å². The molecule has 1 saturated carbocycles. The maximum absolute atomic E-state index is 13.6. The van der Waals surface area contributed by atoms with E-state index in [1.165, 1.54) is 19.2 Å². The molecule has 2 N–H and O–H groups in total. The number of carbonyl (C=O) groups is 2. The van der Waals surface area contributed by atoms with Crippen LogP contribution in [0.5, 0.6) is 5.75 Å². The zero-order chi connectivity index (χ0) is 18.3. The molecule has 0 bridgehead atoms. The van der Waals surface area contributed by atoms with Crippen molar-refractivity contribution in [3.05, 3.63) is 64.5 Å². The van der Waals surface area contributed by atoms with E-state index in [0.29, 0.717) is 23.5 Å². The lowest BCUT2D eigenvalue weighted by atomic mass is 9.90. The summed E-state index contributed by atoms with van der Waals surface area (Å²) in [4.78, 5) is 24.8. The van der Waals surface area contributed by atoms with Crippen LogP contribution in [0.2, 0.25) is 0 Å². The van der Waals surface area contributed by atoms with Crippen LogP contribution in [0, 0.1) is 5.82 Å². The molecule has 2 aliphatic rings. The lowest BCUT2D eigenvalue weighted by Gasteiger charge is -2.13. The normalized spacial score (nSPS) is 18.0. The highest BCUT2D eigenvalue weighted by Crippen LogP contribution is 2.41. The molecule has 134 valence electrons. The smallest absolute Gasteiger partial charge is 0.254 e. The molecule has 4 rings (SSSR count). The van der Waals surface area contributed by atoms with Gasteiger partial charge < -0.3 is 15.4 Å². The van der Waals surface area contributed by atoms with Gasteiger partial charge in [-0.2, -0.15) is 0 Å². The fourth-order valence-electron chi connectivity index (χ4n) is 3.26. The minimum absolute atomic E-state index is 0.203. The Morgan fingerprint density at radius 3 is 2.65 bits per heavy atom. The molecule has 26 heavy (non-hydrogen) atoms. The molecule has 0 spiro atoms. The zero-order valence-electron chi connectivity index (χ0n) is 14.3. The van der Waals surface area contributed by atoms with Crippen LogP contribution in [0.4, 0.5) is 4.39 Å². The van der Waals surface area contributed by atoms with Gasteiger partial charge in [-0.25, -0.2) is 4.39 Å². The Labute approximate surface area is 150 Å². The van der Waals surface area contributed by atoms with Crippen molar-refractivity contribution in [1.29, 1.82) is 0 Å². The van der Waals surface area contributed by atoms with Gasteiger partial charge in [0, 0.05) is 30.1 Å². The Balaban J connectivity index is 1.78. The SMILES string of the molecule is CNC(=O)c1cc(C(=O)NC2CC2)cc2c1OC[C@H]2c1cccc(F)c1. The van der Waals surface area contributed by atoms with E-state index in [0.717, 1.165) is 24.0 Å². The fraction of sp³-hybridized carbons (Fsp3) is 0.300. The summed E-state index contributed by atoms with van der Waals surface area (Å²) in [5.41, 5.74) is 2.23. The summed E-state index contributed by atoms with van der Waals surface area (Å²) in [7, 11) is 1.53. The van der Waals surface area contributed by atoms with Crippen LogP contribution in [0.3, 0.4) is 0 Å². The number of carbonyl (C=O) groups excluding carboxylic acids is 2. The van der Waals surface area contributed by atoms with Crippen molar-refractivity contribution in [2.45, 2.75) is 24.8 Å². The van der Waals surface area contributed by atoms with Gasteiger partial charge in [-0.15, -0.1) is 0 Å². The third kappa shape index (κ3) is 3.03. The standard InChI is InChI=1S/C20H19FN2O3/c1-22-20(25)16-9-12(19(24)23-14-5-6-14)8-15-17(10-26-18(15)16)11-3-2-4-13(21)7-11/h2-4,7-9,14,17H,5-6,10H2,1H3,(H,22,25)(H,23,24)/t17-/m0/s1. The molecule has 1 atom stereocenters. The quantitative estimate of drug-likeness (QED) is 0.887. The molecule has 1 heterocycles. The molecule has 2 aromatic rings. The van der Waals surface area contributed by atoms with E-state index in [-0.39, 0.29) is 29.6 Å². The van der Waals surface area contributed by atoms with E-state index < -0.39 is 0 Å². The minimum atomic E-state index is -0.329. The number of rotatable bonds is 4. The van der Waals surface area contributed by atoms with Gasteiger partial charge in [-0.1, -0.05) is 12.1 Å². The van der Waals surface area contributed by atoms with Gasteiger partial charge in [-0.3, -0.25) is 9.59 Å². The molecule has 5 nitrogen and oxygen atoms in total. The zero-order valence-corrected chi connectivity index (χ0v) is 14.3. The number of halogens is 1. The fourth-order valence-corrected chi connectivity index (χ4v) is 3.26. The average Bonchev–Trinajstić information content (AvgIpc) is 3.35. The van der Waals surface area contributed by atoms with E-state index in [1.807, 2.05) is 6.07 Å². The van der Waals surface area contributed by atoms with Crippen molar-refractivity contribution in [3.8, 4) is 5.75 Å². The van der Waals surface area contributed by atoms with Crippen molar-refractivity contribution in [3.63, 3.8) is 0 Å². The van der Waals surface area contributed by atoms with Crippen LogP contribution in [0.25, 0.3) is 0 Å². The van der Waals surface area contributed by atoms with Gasteiger partial charge in [0.25, 0.3) is 11.8 Å². The second-order valence-electron chi connectivity index (χ2n) is 6.69. The van der Waals surface area contributed by atoms with Gasteiger partial charge in [0.2, 0.25) is 0 Å². The molecule has 1 fully saturated rings. The molecule has 0 saturated heterocycles. The van der Waals surface area contributed by atoms with Crippen molar-refractivity contribution in [1.82, 2.24) is 10.6 Å². The molecule has 1 aliphatic carbocycles.